The first-order valence-corrected chi connectivity index (χ1v) is 9.63. The minimum atomic E-state index is -0.700. The predicted octanol–water partition coefficient (Wildman–Crippen LogP) is 2.43. The monoisotopic (exact) mass is 399 g/mol. The first-order chi connectivity index (χ1) is 14.0. The smallest absolute Gasteiger partial charge is 0.407 e. The van der Waals surface area contributed by atoms with Crippen LogP contribution in [0, 0.1) is 5.82 Å². The molecule has 152 valence electrons. The van der Waals surface area contributed by atoms with Crippen LogP contribution in [0.3, 0.4) is 0 Å². The summed E-state index contributed by atoms with van der Waals surface area (Å²) in [7, 11) is 0. The second-order valence-corrected chi connectivity index (χ2v) is 7.32. The summed E-state index contributed by atoms with van der Waals surface area (Å²) in [6.07, 6.45) is 0.935. The number of hydrogen-bond donors (Lipinski definition) is 2. The Morgan fingerprint density at radius 2 is 2.21 bits per heavy atom. The molecule has 1 spiro atoms. The molecule has 0 saturated carbocycles. The predicted molar refractivity (Wildman–Crippen MR) is 104 cm³/mol. The van der Waals surface area contributed by atoms with Gasteiger partial charge < -0.3 is 20.3 Å². The average molecular weight is 399 g/mol. The van der Waals surface area contributed by atoms with Gasteiger partial charge in [0.25, 0.3) is 5.91 Å². The van der Waals surface area contributed by atoms with Crippen molar-refractivity contribution in [2.24, 2.45) is 0 Å². The fraction of sp³-hybridized carbons (Fsp3) is 0.400. The van der Waals surface area contributed by atoms with E-state index in [4.69, 9.17) is 4.74 Å². The summed E-state index contributed by atoms with van der Waals surface area (Å²) < 4.78 is 19.7. The van der Waals surface area contributed by atoms with Gasteiger partial charge in [0.1, 0.15) is 17.2 Å². The minimum Gasteiger partial charge on any atom is -0.439 e. The molecule has 0 radical (unpaired) electrons. The van der Waals surface area contributed by atoms with E-state index < -0.39 is 17.5 Å². The van der Waals surface area contributed by atoms with Crippen molar-refractivity contribution in [3.63, 3.8) is 0 Å². The van der Waals surface area contributed by atoms with Gasteiger partial charge in [-0.2, -0.15) is 0 Å². The van der Waals surface area contributed by atoms with Crippen molar-refractivity contribution in [3.8, 4) is 11.3 Å². The van der Waals surface area contributed by atoms with Crippen molar-refractivity contribution in [2.75, 3.05) is 31.5 Å². The van der Waals surface area contributed by atoms with Crippen LogP contribution in [0.4, 0.5) is 15.0 Å². The molecule has 1 unspecified atom stereocenters. The van der Waals surface area contributed by atoms with Crippen molar-refractivity contribution in [1.29, 1.82) is 0 Å². The van der Waals surface area contributed by atoms with Gasteiger partial charge in [0, 0.05) is 24.2 Å². The van der Waals surface area contributed by atoms with Crippen LogP contribution in [-0.2, 0) is 4.74 Å². The maximum absolute atomic E-state index is 14.3. The van der Waals surface area contributed by atoms with E-state index in [-0.39, 0.29) is 18.0 Å². The zero-order valence-corrected chi connectivity index (χ0v) is 16.1. The van der Waals surface area contributed by atoms with Crippen molar-refractivity contribution in [2.45, 2.75) is 25.4 Å². The van der Waals surface area contributed by atoms with E-state index in [1.54, 1.807) is 23.1 Å². The normalized spacial score (nSPS) is 21.0. The summed E-state index contributed by atoms with van der Waals surface area (Å²) in [5.74, 6) is -0.198. The van der Waals surface area contributed by atoms with Crippen LogP contribution in [0.2, 0.25) is 0 Å². The number of carbonyl (C=O) groups excluding carboxylic acids is 2. The number of nitrogens with zero attached hydrogens (tertiary/aromatic N) is 3. The summed E-state index contributed by atoms with van der Waals surface area (Å²) in [6, 6.07) is 7.64. The van der Waals surface area contributed by atoms with Gasteiger partial charge in [0.2, 0.25) is 0 Å². The number of alkyl carbamates (subject to hydrolysis) is 1. The van der Waals surface area contributed by atoms with Crippen molar-refractivity contribution >= 4 is 17.8 Å². The molecule has 2 aliphatic rings. The van der Waals surface area contributed by atoms with Crippen molar-refractivity contribution < 1.29 is 18.7 Å². The third kappa shape index (κ3) is 3.98. The second kappa shape index (κ2) is 7.65. The highest BCUT2D eigenvalue weighted by atomic mass is 19.1. The van der Waals surface area contributed by atoms with Gasteiger partial charge in [-0.05, 0) is 50.1 Å². The third-order valence-electron chi connectivity index (χ3n) is 5.15. The van der Waals surface area contributed by atoms with Crippen LogP contribution in [0.15, 0.2) is 30.3 Å². The van der Waals surface area contributed by atoms with Crippen molar-refractivity contribution in [1.82, 2.24) is 20.4 Å². The number of ether oxygens (including phenoxy) is 1. The Balaban J connectivity index is 1.56. The molecule has 0 bridgehead atoms. The van der Waals surface area contributed by atoms with Crippen LogP contribution >= 0.6 is 0 Å². The quantitative estimate of drug-likeness (QED) is 0.820. The van der Waals surface area contributed by atoms with E-state index in [0.29, 0.717) is 43.0 Å². The molecular weight excluding hydrogens is 377 g/mol. The number of halogens is 1. The molecule has 3 heterocycles. The van der Waals surface area contributed by atoms with Gasteiger partial charge in [-0.25, -0.2) is 9.18 Å². The Labute approximate surface area is 167 Å². The van der Waals surface area contributed by atoms with Gasteiger partial charge in [0.15, 0.2) is 0 Å². The van der Waals surface area contributed by atoms with E-state index in [0.717, 1.165) is 6.54 Å². The average Bonchev–Trinajstić information content (AvgIpc) is 3.07. The molecule has 2 aliphatic heterocycles. The number of piperidine rings is 1. The topological polar surface area (TPSA) is 96.5 Å². The number of hydrogen-bond acceptors (Lipinski definition) is 6. The van der Waals surface area contributed by atoms with Crippen molar-refractivity contribution in [3.05, 3.63) is 41.7 Å². The highest BCUT2D eigenvalue weighted by molar-refractivity contribution is 5.95. The van der Waals surface area contributed by atoms with Crippen LogP contribution in [0.25, 0.3) is 11.3 Å². The molecule has 2 aromatic rings. The summed E-state index contributed by atoms with van der Waals surface area (Å²) >= 11 is 0. The van der Waals surface area contributed by atoms with E-state index in [9.17, 15) is 14.0 Å². The van der Waals surface area contributed by atoms with Gasteiger partial charge >= 0.3 is 6.09 Å². The number of rotatable bonds is 4. The molecule has 2 N–H and O–H groups in total. The van der Waals surface area contributed by atoms with E-state index in [2.05, 4.69) is 20.8 Å². The maximum atomic E-state index is 14.3. The Hall–Kier alpha value is -3.23. The van der Waals surface area contributed by atoms with E-state index >= 15 is 0 Å². The standard InChI is InChI=1S/C20H22FN5O3/c1-2-22-17-5-4-16(24-25-17)13-8-14(10-15(21)9-13)18(27)26-7-3-6-20(12-26)11-23-19(28)29-20/h4-5,8-10H,2-3,6-7,11-12H2,1H3,(H,22,25)(H,23,28). The summed E-state index contributed by atoms with van der Waals surface area (Å²) in [5, 5.41) is 13.9. The number of likely N-dealkylation sites (tertiary alicyclic amines) is 1. The summed E-state index contributed by atoms with van der Waals surface area (Å²) in [4.78, 5) is 26.1. The third-order valence-corrected chi connectivity index (χ3v) is 5.15. The lowest BCUT2D eigenvalue weighted by Crippen LogP contribution is -2.52. The zero-order valence-electron chi connectivity index (χ0n) is 16.1. The fourth-order valence-electron chi connectivity index (χ4n) is 3.81. The second-order valence-electron chi connectivity index (χ2n) is 7.32. The number of nitrogens with one attached hydrogen (secondary N) is 2. The number of anilines is 1. The number of aromatic nitrogens is 2. The largest absolute Gasteiger partial charge is 0.439 e. The molecule has 4 rings (SSSR count). The highest BCUT2D eigenvalue weighted by Crippen LogP contribution is 2.29. The van der Waals surface area contributed by atoms with E-state index in [1.807, 2.05) is 6.92 Å². The van der Waals surface area contributed by atoms with Gasteiger partial charge in [-0.15, -0.1) is 10.2 Å². The number of benzene rings is 1. The highest BCUT2D eigenvalue weighted by Gasteiger charge is 2.44. The van der Waals surface area contributed by atoms with E-state index in [1.165, 1.54) is 12.1 Å². The first-order valence-electron chi connectivity index (χ1n) is 9.63. The molecule has 29 heavy (non-hydrogen) atoms. The molecule has 2 amide bonds. The number of carbonyl (C=O) groups is 2. The first kappa shape index (κ1) is 19.1. The molecular formula is C20H22FN5O3. The van der Waals surface area contributed by atoms with Crippen LogP contribution in [-0.4, -0.2) is 58.9 Å². The summed E-state index contributed by atoms with van der Waals surface area (Å²) in [5.41, 5.74) is 0.482. The molecule has 2 fully saturated rings. The number of amides is 2. The molecule has 1 atom stereocenters. The fourth-order valence-corrected chi connectivity index (χ4v) is 3.81. The molecule has 1 aromatic heterocycles. The lowest BCUT2D eigenvalue weighted by molar-refractivity contribution is -0.00504. The Bertz CT molecular complexity index is 936. The molecule has 8 nitrogen and oxygen atoms in total. The lowest BCUT2D eigenvalue weighted by atomic mass is 9.92. The Morgan fingerprint density at radius 3 is 2.90 bits per heavy atom. The van der Waals surface area contributed by atoms with Crippen LogP contribution in [0.5, 0.6) is 0 Å². The van der Waals surface area contributed by atoms with Gasteiger partial charge in [-0.3, -0.25) is 4.79 Å². The van der Waals surface area contributed by atoms with Crippen LogP contribution < -0.4 is 10.6 Å². The van der Waals surface area contributed by atoms with Gasteiger partial charge in [0.05, 0.1) is 18.8 Å². The SMILES string of the molecule is CCNc1ccc(-c2cc(F)cc(C(=O)N3CCCC4(CNC(=O)O4)C3)c2)nn1. The summed E-state index contributed by atoms with van der Waals surface area (Å²) in [6.45, 7) is 3.86. The zero-order chi connectivity index (χ0) is 20.4. The van der Waals surface area contributed by atoms with Gasteiger partial charge in [-0.1, -0.05) is 0 Å². The molecule has 0 aliphatic carbocycles. The molecule has 2 saturated heterocycles. The lowest BCUT2D eigenvalue weighted by Gasteiger charge is -2.38. The maximum Gasteiger partial charge on any atom is 0.407 e. The molecule has 1 aromatic carbocycles. The molecule has 9 heteroatoms. The minimum absolute atomic E-state index is 0.229. The Morgan fingerprint density at radius 1 is 1.34 bits per heavy atom. The Kier molecular flexibility index (Phi) is 5.04. The van der Waals surface area contributed by atoms with Crippen LogP contribution in [0.1, 0.15) is 30.1 Å².